The van der Waals surface area contributed by atoms with E-state index < -0.39 is 11.7 Å². The summed E-state index contributed by atoms with van der Waals surface area (Å²) >= 11 is 0. The molecule has 0 radical (unpaired) electrons. The number of halogens is 3. The molecule has 1 aliphatic carbocycles. The van der Waals surface area contributed by atoms with Crippen molar-refractivity contribution in [3.63, 3.8) is 0 Å². The van der Waals surface area contributed by atoms with E-state index in [2.05, 4.69) is 25.7 Å². The van der Waals surface area contributed by atoms with E-state index in [1.54, 1.807) is 17.8 Å². The summed E-state index contributed by atoms with van der Waals surface area (Å²) in [6, 6.07) is -0.375. The molecule has 1 saturated carbocycles. The van der Waals surface area contributed by atoms with Gasteiger partial charge in [-0.15, -0.1) is 0 Å². The molecule has 1 atom stereocenters. The molecular weight excluding hydrogens is 349 g/mol. The minimum atomic E-state index is -4.47. The van der Waals surface area contributed by atoms with Crippen molar-refractivity contribution < 1.29 is 18.0 Å². The van der Waals surface area contributed by atoms with Crippen molar-refractivity contribution in [1.29, 1.82) is 0 Å². The minimum absolute atomic E-state index is 0.0372. The van der Waals surface area contributed by atoms with Gasteiger partial charge in [-0.3, -0.25) is 9.48 Å². The van der Waals surface area contributed by atoms with Gasteiger partial charge in [0.25, 0.3) is 0 Å². The predicted molar refractivity (Wildman–Crippen MR) is 85.9 cm³/mol. The molecule has 2 aromatic rings. The summed E-state index contributed by atoms with van der Waals surface area (Å²) in [6.07, 6.45) is 0.0611. The SMILES string of the molecule is Cc1nn(C2CCNC2=O)cc1Nc1ncc(C(F)(F)F)c(C2CC2)n1. The van der Waals surface area contributed by atoms with Crippen LogP contribution < -0.4 is 10.6 Å². The molecule has 1 aliphatic heterocycles. The number of anilines is 2. The largest absolute Gasteiger partial charge is 0.419 e. The normalized spacial score (nSPS) is 20.3. The molecule has 0 bridgehead atoms. The molecule has 26 heavy (non-hydrogen) atoms. The maximum atomic E-state index is 13.1. The number of nitrogens with one attached hydrogen (secondary N) is 2. The van der Waals surface area contributed by atoms with Crippen molar-refractivity contribution in [2.24, 2.45) is 0 Å². The zero-order chi connectivity index (χ0) is 18.5. The number of amides is 1. The number of carbonyl (C=O) groups excluding carboxylic acids is 1. The van der Waals surface area contributed by atoms with Crippen LogP contribution in [0.3, 0.4) is 0 Å². The van der Waals surface area contributed by atoms with Gasteiger partial charge in [0, 0.05) is 24.9 Å². The highest BCUT2D eigenvalue weighted by atomic mass is 19.4. The summed E-state index contributed by atoms with van der Waals surface area (Å²) in [5.41, 5.74) is 0.434. The van der Waals surface area contributed by atoms with Crippen molar-refractivity contribution in [3.8, 4) is 0 Å². The lowest BCUT2D eigenvalue weighted by atomic mass is 10.1. The van der Waals surface area contributed by atoms with Crippen LogP contribution in [0.15, 0.2) is 12.4 Å². The molecule has 2 fully saturated rings. The first-order chi connectivity index (χ1) is 12.3. The molecule has 2 N–H and O–H groups in total. The van der Waals surface area contributed by atoms with Gasteiger partial charge in [0.15, 0.2) is 0 Å². The second-order valence-corrected chi connectivity index (χ2v) is 6.59. The van der Waals surface area contributed by atoms with Crippen LogP contribution in [-0.4, -0.2) is 32.2 Å². The highest BCUT2D eigenvalue weighted by Gasteiger charge is 2.40. The van der Waals surface area contributed by atoms with Gasteiger partial charge in [-0.05, 0) is 26.2 Å². The fourth-order valence-corrected chi connectivity index (χ4v) is 3.06. The Morgan fingerprint density at radius 1 is 1.31 bits per heavy atom. The Bertz CT molecular complexity index is 858. The number of aryl methyl sites for hydroxylation is 1. The molecule has 0 aromatic carbocycles. The quantitative estimate of drug-likeness (QED) is 0.869. The third-order valence-corrected chi connectivity index (χ3v) is 4.59. The van der Waals surface area contributed by atoms with Crippen molar-refractivity contribution >= 4 is 17.5 Å². The van der Waals surface area contributed by atoms with Gasteiger partial charge >= 0.3 is 6.18 Å². The Hall–Kier alpha value is -2.65. The lowest BCUT2D eigenvalue weighted by molar-refractivity contribution is -0.138. The van der Waals surface area contributed by atoms with E-state index in [1.165, 1.54) is 0 Å². The zero-order valence-corrected chi connectivity index (χ0v) is 14.0. The Kier molecular flexibility index (Phi) is 3.85. The number of alkyl halides is 3. The zero-order valence-electron chi connectivity index (χ0n) is 14.0. The average molecular weight is 366 g/mol. The van der Waals surface area contributed by atoms with E-state index in [4.69, 9.17) is 0 Å². The summed E-state index contributed by atoms with van der Waals surface area (Å²) in [5, 5.41) is 9.99. The fraction of sp³-hybridized carbons (Fsp3) is 0.500. The third-order valence-electron chi connectivity index (χ3n) is 4.59. The molecule has 0 spiro atoms. The molecule has 3 heterocycles. The lowest BCUT2D eigenvalue weighted by Gasteiger charge is -2.12. The summed E-state index contributed by atoms with van der Waals surface area (Å²) in [6.45, 7) is 2.34. The van der Waals surface area contributed by atoms with E-state index in [9.17, 15) is 18.0 Å². The van der Waals surface area contributed by atoms with E-state index in [0.717, 1.165) is 6.20 Å². The summed E-state index contributed by atoms with van der Waals surface area (Å²) in [5.74, 6) is -0.166. The molecule has 1 saturated heterocycles. The molecule has 138 valence electrons. The van der Waals surface area contributed by atoms with Crippen LogP contribution in [0.5, 0.6) is 0 Å². The highest BCUT2D eigenvalue weighted by Crippen LogP contribution is 2.45. The maximum Gasteiger partial charge on any atom is 0.419 e. The Labute approximate surface area is 147 Å². The monoisotopic (exact) mass is 366 g/mol. The van der Waals surface area contributed by atoms with Crippen LogP contribution >= 0.6 is 0 Å². The first-order valence-corrected chi connectivity index (χ1v) is 8.37. The second kappa shape index (κ2) is 5.96. The van der Waals surface area contributed by atoms with Gasteiger partial charge in [0.2, 0.25) is 11.9 Å². The number of hydrogen-bond donors (Lipinski definition) is 2. The number of carbonyl (C=O) groups is 1. The summed E-state index contributed by atoms with van der Waals surface area (Å²) in [7, 11) is 0. The molecule has 10 heteroatoms. The molecule has 1 unspecified atom stereocenters. The Morgan fingerprint density at radius 2 is 2.08 bits per heavy atom. The predicted octanol–water partition coefficient (Wildman–Crippen LogP) is 2.68. The van der Waals surface area contributed by atoms with Gasteiger partial charge < -0.3 is 10.6 Å². The topological polar surface area (TPSA) is 84.7 Å². The third kappa shape index (κ3) is 3.11. The number of rotatable bonds is 4. The first kappa shape index (κ1) is 16.8. The number of nitrogens with zero attached hydrogens (tertiary/aromatic N) is 4. The van der Waals surface area contributed by atoms with Crippen LogP contribution in [0.25, 0.3) is 0 Å². The van der Waals surface area contributed by atoms with Gasteiger partial charge in [-0.2, -0.15) is 18.3 Å². The molecular formula is C16H17F3N6O. The molecule has 1 amide bonds. The van der Waals surface area contributed by atoms with Crippen LogP contribution in [0.4, 0.5) is 24.8 Å². The first-order valence-electron chi connectivity index (χ1n) is 8.37. The van der Waals surface area contributed by atoms with Gasteiger partial charge in [0.05, 0.1) is 22.6 Å². The smallest absolute Gasteiger partial charge is 0.354 e. The van der Waals surface area contributed by atoms with E-state index in [1.807, 2.05) is 0 Å². The van der Waals surface area contributed by atoms with E-state index >= 15 is 0 Å². The van der Waals surface area contributed by atoms with Crippen molar-refractivity contribution in [2.45, 2.75) is 44.3 Å². The summed E-state index contributed by atoms with van der Waals surface area (Å²) < 4.78 is 40.9. The number of hydrogen-bond acceptors (Lipinski definition) is 5. The molecule has 4 rings (SSSR count). The highest BCUT2D eigenvalue weighted by molar-refractivity contribution is 5.82. The van der Waals surface area contributed by atoms with E-state index in [0.29, 0.717) is 37.2 Å². The van der Waals surface area contributed by atoms with E-state index in [-0.39, 0.29) is 29.5 Å². The van der Waals surface area contributed by atoms with Crippen LogP contribution in [0, 0.1) is 6.92 Å². The lowest BCUT2D eigenvalue weighted by Crippen LogP contribution is -2.22. The van der Waals surface area contributed by atoms with Crippen molar-refractivity contribution in [1.82, 2.24) is 25.1 Å². The number of aromatic nitrogens is 4. The van der Waals surface area contributed by atoms with Crippen molar-refractivity contribution in [2.75, 3.05) is 11.9 Å². The van der Waals surface area contributed by atoms with Crippen LogP contribution in [0.2, 0.25) is 0 Å². The maximum absolute atomic E-state index is 13.1. The minimum Gasteiger partial charge on any atom is -0.354 e. The summed E-state index contributed by atoms with van der Waals surface area (Å²) in [4.78, 5) is 19.7. The van der Waals surface area contributed by atoms with Gasteiger partial charge in [-0.1, -0.05) is 0 Å². The Balaban J connectivity index is 1.61. The molecule has 2 aromatic heterocycles. The molecule has 7 nitrogen and oxygen atoms in total. The second-order valence-electron chi connectivity index (χ2n) is 6.59. The van der Waals surface area contributed by atoms with Crippen LogP contribution in [-0.2, 0) is 11.0 Å². The van der Waals surface area contributed by atoms with Gasteiger partial charge in [-0.25, -0.2) is 9.97 Å². The standard InChI is InChI=1S/C16H17F3N6O/c1-8-11(7-25(24-8)12-4-5-20-14(12)26)22-15-21-6-10(16(17,18)19)13(23-15)9-2-3-9/h6-7,9,12H,2-5H2,1H3,(H,20,26)(H,21,22,23). The van der Waals surface area contributed by atoms with Crippen molar-refractivity contribution in [3.05, 3.63) is 29.3 Å². The van der Waals surface area contributed by atoms with Crippen LogP contribution in [0.1, 0.15) is 48.2 Å². The fourth-order valence-electron chi connectivity index (χ4n) is 3.06. The Morgan fingerprint density at radius 3 is 2.69 bits per heavy atom. The van der Waals surface area contributed by atoms with Gasteiger partial charge in [0.1, 0.15) is 6.04 Å². The molecule has 2 aliphatic rings. The average Bonchev–Trinajstić information content (AvgIpc) is 3.24.